The minimum Gasteiger partial charge on any atom is -0.504 e. The number of methoxy groups -OCH3 is 2. The van der Waals surface area contributed by atoms with Crippen LogP contribution in [0.1, 0.15) is 5.56 Å². The lowest BCUT2D eigenvalue weighted by Crippen LogP contribution is -2.33. The number of aromatic nitrogens is 4. The third-order valence-corrected chi connectivity index (χ3v) is 5.79. The first kappa shape index (κ1) is 22.9. The van der Waals surface area contributed by atoms with Crippen molar-refractivity contribution in [2.75, 3.05) is 19.1 Å². The second-order valence-electron chi connectivity index (χ2n) is 7.97. The van der Waals surface area contributed by atoms with Gasteiger partial charge in [0.15, 0.2) is 23.7 Å². The third-order valence-electron chi connectivity index (χ3n) is 5.79. The normalized spacial score (nSPS) is 10.9. The van der Waals surface area contributed by atoms with E-state index in [0.717, 1.165) is 11.1 Å². The number of carbonyl (C=O) groups excluding carboxylic acids is 1. The number of nitrogens with zero attached hydrogens (tertiary/aromatic N) is 5. The van der Waals surface area contributed by atoms with Gasteiger partial charge >= 0.3 is 0 Å². The summed E-state index contributed by atoms with van der Waals surface area (Å²) in [7, 11) is 3.03. The second-order valence-corrected chi connectivity index (χ2v) is 7.97. The highest BCUT2D eigenvalue weighted by atomic mass is 16.5. The maximum atomic E-state index is 13.7. The smallest absolute Gasteiger partial charge is 0.249 e. The summed E-state index contributed by atoms with van der Waals surface area (Å²) in [6.07, 6.45) is 2.94. The summed E-state index contributed by atoms with van der Waals surface area (Å²) >= 11 is 0. The van der Waals surface area contributed by atoms with Crippen LogP contribution in [0.2, 0.25) is 0 Å². The third kappa shape index (κ3) is 4.43. The van der Waals surface area contributed by atoms with Crippen molar-refractivity contribution in [3.05, 3.63) is 78.8 Å². The number of oxazole rings is 1. The number of aromatic hydroxyl groups is 1. The van der Waals surface area contributed by atoms with Crippen molar-refractivity contribution in [2.45, 2.75) is 13.1 Å². The van der Waals surface area contributed by atoms with E-state index in [-0.39, 0.29) is 24.7 Å². The summed E-state index contributed by atoms with van der Waals surface area (Å²) < 4.78 is 17.8. The minimum atomic E-state index is -0.216. The van der Waals surface area contributed by atoms with E-state index >= 15 is 0 Å². The lowest BCUT2D eigenvalue weighted by Gasteiger charge is -2.24. The molecule has 10 nitrogen and oxygen atoms in total. The number of phenols is 1. The van der Waals surface area contributed by atoms with Crippen LogP contribution in [-0.4, -0.2) is 45.2 Å². The van der Waals surface area contributed by atoms with Crippen molar-refractivity contribution in [1.82, 2.24) is 20.0 Å². The van der Waals surface area contributed by atoms with Crippen LogP contribution in [0.3, 0.4) is 0 Å². The van der Waals surface area contributed by atoms with Crippen LogP contribution in [0.4, 0.5) is 5.69 Å². The Labute approximate surface area is 206 Å². The van der Waals surface area contributed by atoms with Crippen LogP contribution in [0, 0.1) is 0 Å². The number of benzene rings is 3. The SMILES string of the molecule is COc1cc(CN(C(=O)Cn2nnc3ccccc32)c2ccc(-c3cnco3)c(OC)c2)ccc1O. The average Bonchev–Trinajstić information content (AvgIpc) is 3.58. The number of para-hydroxylation sites is 1. The standard InChI is InChI=1S/C26H23N5O5/c1-34-23-12-18(8-9-19(23)25-13-27-16-36-25)30(14-17-7-10-22(32)24(11-17)35-2)26(33)15-31-21-6-4-3-5-20(21)28-29-31/h3-13,16,32H,14-15H2,1-2H3. The first-order valence-corrected chi connectivity index (χ1v) is 11.1. The number of fused-ring (bicyclic) bond motifs is 1. The zero-order chi connectivity index (χ0) is 25.1. The average molecular weight is 486 g/mol. The van der Waals surface area contributed by atoms with E-state index in [1.807, 2.05) is 36.4 Å². The summed E-state index contributed by atoms with van der Waals surface area (Å²) in [5.74, 6) is 1.20. The van der Waals surface area contributed by atoms with Crippen LogP contribution in [0.5, 0.6) is 17.2 Å². The van der Waals surface area contributed by atoms with Crippen LogP contribution in [0.25, 0.3) is 22.4 Å². The van der Waals surface area contributed by atoms with E-state index in [9.17, 15) is 9.90 Å². The molecule has 1 N–H and O–H groups in total. The van der Waals surface area contributed by atoms with Crippen molar-refractivity contribution in [2.24, 2.45) is 0 Å². The largest absolute Gasteiger partial charge is 0.504 e. The molecule has 0 saturated heterocycles. The van der Waals surface area contributed by atoms with Gasteiger partial charge in [0, 0.05) is 11.8 Å². The lowest BCUT2D eigenvalue weighted by atomic mass is 10.1. The maximum Gasteiger partial charge on any atom is 0.249 e. The predicted octanol–water partition coefficient (Wildman–Crippen LogP) is 4.04. The van der Waals surface area contributed by atoms with Crippen LogP contribution < -0.4 is 14.4 Å². The Morgan fingerprint density at radius 1 is 1.06 bits per heavy atom. The molecular weight excluding hydrogens is 462 g/mol. The molecule has 2 aromatic heterocycles. The fourth-order valence-corrected chi connectivity index (χ4v) is 3.97. The zero-order valence-electron chi connectivity index (χ0n) is 19.7. The molecule has 182 valence electrons. The van der Waals surface area contributed by atoms with Gasteiger partial charge in [0.1, 0.15) is 17.8 Å². The molecule has 36 heavy (non-hydrogen) atoms. The molecule has 10 heteroatoms. The van der Waals surface area contributed by atoms with Gasteiger partial charge in [-0.3, -0.25) is 4.79 Å². The molecule has 0 spiro atoms. The lowest BCUT2D eigenvalue weighted by molar-refractivity contribution is -0.119. The quantitative estimate of drug-likeness (QED) is 0.350. The van der Waals surface area contributed by atoms with Gasteiger partial charge in [-0.2, -0.15) is 0 Å². The number of hydrogen-bond donors (Lipinski definition) is 1. The van der Waals surface area contributed by atoms with E-state index in [2.05, 4.69) is 15.3 Å². The fourth-order valence-electron chi connectivity index (χ4n) is 3.97. The molecule has 0 saturated carbocycles. The number of hydrogen-bond acceptors (Lipinski definition) is 8. The summed E-state index contributed by atoms with van der Waals surface area (Å²) in [6, 6.07) is 17.8. The van der Waals surface area contributed by atoms with Gasteiger partial charge in [0.2, 0.25) is 5.91 Å². The monoisotopic (exact) mass is 485 g/mol. The number of anilines is 1. The molecule has 0 aliphatic rings. The van der Waals surface area contributed by atoms with Gasteiger partial charge in [-0.1, -0.05) is 23.4 Å². The summed E-state index contributed by atoms with van der Waals surface area (Å²) in [5.41, 5.74) is 3.55. The minimum absolute atomic E-state index is 0.0197. The van der Waals surface area contributed by atoms with Crippen LogP contribution in [0.15, 0.2) is 77.7 Å². The number of phenolic OH excluding ortho intramolecular Hbond substituents is 1. The molecule has 0 aliphatic heterocycles. The Hall–Kier alpha value is -4.86. The van der Waals surface area contributed by atoms with Crippen molar-refractivity contribution in [3.8, 4) is 28.6 Å². The highest BCUT2D eigenvalue weighted by molar-refractivity contribution is 5.94. The predicted molar refractivity (Wildman–Crippen MR) is 132 cm³/mol. The number of ether oxygens (including phenoxy) is 2. The van der Waals surface area contributed by atoms with Crippen molar-refractivity contribution < 1.29 is 23.8 Å². The van der Waals surface area contributed by atoms with Crippen molar-refractivity contribution in [1.29, 1.82) is 0 Å². The molecule has 0 unspecified atom stereocenters. The molecule has 0 bridgehead atoms. The summed E-state index contributed by atoms with van der Waals surface area (Å²) in [6.45, 7) is 0.189. The maximum absolute atomic E-state index is 13.7. The summed E-state index contributed by atoms with van der Waals surface area (Å²) in [4.78, 5) is 19.3. The van der Waals surface area contributed by atoms with Gasteiger partial charge in [0.05, 0.1) is 38.0 Å². The highest BCUT2D eigenvalue weighted by Crippen LogP contribution is 2.35. The van der Waals surface area contributed by atoms with Crippen LogP contribution in [-0.2, 0) is 17.9 Å². The van der Waals surface area contributed by atoms with Crippen LogP contribution >= 0.6 is 0 Å². The Balaban J connectivity index is 1.53. The zero-order valence-corrected chi connectivity index (χ0v) is 19.7. The van der Waals surface area contributed by atoms with Gasteiger partial charge in [0.25, 0.3) is 0 Å². The molecule has 0 fully saturated rings. The molecule has 0 aliphatic carbocycles. The molecule has 5 aromatic rings. The number of rotatable bonds is 8. The molecule has 3 aromatic carbocycles. The van der Waals surface area contributed by atoms with E-state index in [0.29, 0.717) is 34.0 Å². The molecular formula is C26H23N5O5. The first-order valence-electron chi connectivity index (χ1n) is 11.1. The van der Waals surface area contributed by atoms with E-state index in [4.69, 9.17) is 13.9 Å². The molecule has 0 atom stereocenters. The van der Waals surface area contributed by atoms with Gasteiger partial charge in [-0.25, -0.2) is 9.67 Å². The van der Waals surface area contributed by atoms with E-state index < -0.39 is 0 Å². The Morgan fingerprint density at radius 2 is 1.89 bits per heavy atom. The Kier molecular flexibility index (Phi) is 6.23. The number of amides is 1. The second kappa shape index (κ2) is 9.79. The van der Waals surface area contributed by atoms with Crippen molar-refractivity contribution in [3.63, 3.8) is 0 Å². The molecule has 5 rings (SSSR count). The van der Waals surface area contributed by atoms with Gasteiger partial charge in [-0.05, 0) is 42.0 Å². The van der Waals surface area contributed by atoms with E-state index in [1.165, 1.54) is 19.6 Å². The molecule has 0 radical (unpaired) electrons. The topological polar surface area (TPSA) is 116 Å². The Morgan fingerprint density at radius 3 is 2.67 bits per heavy atom. The fraction of sp³-hybridized carbons (Fsp3) is 0.154. The van der Waals surface area contributed by atoms with Gasteiger partial charge < -0.3 is 23.9 Å². The van der Waals surface area contributed by atoms with Crippen molar-refractivity contribution >= 4 is 22.6 Å². The van der Waals surface area contributed by atoms with Gasteiger partial charge in [-0.15, -0.1) is 5.10 Å². The number of carbonyl (C=O) groups is 1. The van der Waals surface area contributed by atoms with E-state index in [1.54, 1.807) is 41.1 Å². The Bertz CT molecular complexity index is 1510. The summed E-state index contributed by atoms with van der Waals surface area (Å²) in [5, 5.41) is 18.3. The highest BCUT2D eigenvalue weighted by Gasteiger charge is 2.21. The molecule has 2 heterocycles. The molecule has 1 amide bonds. The first-order chi connectivity index (χ1) is 17.6.